The average Bonchev–Trinajstić information content (AvgIpc) is 3.22. The van der Waals surface area contributed by atoms with Crippen molar-refractivity contribution in [3.05, 3.63) is 58.9 Å². The molecule has 1 aromatic rings. The second kappa shape index (κ2) is 11.1. The molecule has 0 bridgehead atoms. The van der Waals surface area contributed by atoms with Crippen molar-refractivity contribution in [3.63, 3.8) is 0 Å². The van der Waals surface area contributed by atoms with E-state index in [2.05, 4.69) is 0 Å². The molecule has 3 rings (SSSR count). The van der Waals surface area contributed by atoms with Crippen molar-refractivity contribution in [1.82, 2.24) is 9.62 Å². The summed E-state index contributed by atoms with van der Waals surface area (Å²) in [4.78, 5) is 28.0. The van der Waals surface area contributed by atoms with Gasteiger partial charge in [-0.05, 0) is 43.2 Å². The number of hydrogen-bond donors (Lipinski definition) is 2. The molecular formula is C21H23N3O8S4. The summed E-state index contributed by atoms with van der Waals surface area (Å²) in [6.07, 6.45) is 5.79. The van der Waals surface area contributed by atoms with Crippen LogP contribution in [-0.4, -0.2) is 67.5 Å². The van der Waals surface area contributed by atoms with Gasteiger partial charge in [0.1, 0.15) is 10.9 Å². The first-order valence-corrected chi connectivity index (χ1v) is 15.1. The average molecular weight is 574 g/mol. The van der Waals surface area contributed by atoms with Crippen molar-refractivity contribution >= 4 is 65.9 Å². The Morgan fingerprint density at radius 3 is 2.58 bits per heavy atom. The maximum absolute atomic E-state index is 12.7. The molecule has 0 spiro atoms. The number of hydrogen-bond acceptors (Lipinski definition) is 10. The monoisotopic (exact) mass is 573 g/mol. The third-order valence-electron chi connectivity index (χ3n) is 4.74. The van der Waals surface area contributed by atoms with Crippen molar-refractivity contribution in [2.24, 2.45) is 0 Å². The summed E-state index contributed by atoms with van der Waals surface area (Å²) in [5, 5.41) is 0. The van der Waals surface area contributed by atoms with E-state index in [1.54, 1.807) is 49.4 Å². The summed E-state index contributed by atoms with van der Waals surface area (Å²) < 4.78 is 61.5. The van der Waals surface area contributed by atoms with Gasteiger partial charge in [-0.25, -0.2) is 8.42 Å². The largest absolute Gasteiger partial charge is 0.439 e. The van der Waals surface area contributed by atoms with E-state index in [4.69, 9.17) is 21.5 Å². The minimum atomic E-state index is -4.13. The van der Waals surface area contributed by atoms with Crippen LogP contribution in [0.1, 0.15) is 13.3 Å². The second-order valence-electron chi connectivity index (χ2n) is 7.84. The number of allylic oxidation sites excluding steroid dienone is 4. The smallest absolute Gasteiger partial charge is 0.266 e. The molecule has 36 heavy (non-hydrogen) atoms. The van der Waals surface area contributed by atoms with Gasteiger partial charge in [-0.1, -0.05) is 42.2 Å². The summed E-state index contributed by atoms with van der Waals surface area (Å²) >= 11 is 6.29. The molecule has 1 saturated heterocycles. The number of sulfonamides is 1. The number of benzene rings is 1. The number of thiocarbonyl (C=S) groups is 1. The molecule has 2 amide bonds. The van der Waals surface area contributed by atoms with Crippen molar-refractivity contribution in [2.75, 3.05) is 30.0 Å². The first kappa shape index (κ1) is 27.9. The zero-order valence-electron chi connectivity index (χ0n) is 19.2. The van der Waals surface area contributed by atoms with Gasteiger partial charge in [-0.2, -0.15) is 8.42 Å². The van der Waals surface area contributed by atoms with Gasteiger partial charge >= 0.3 is 0 Å². The number of carbonyl (C=O) groups excluding carboxylic acids is 2. The van der Waals surface area contributed by atoms with Crippen LogP contribution >= 0.6 is 24.0 Å². The minimum absolute atomic E-state index is 0.0418. The minimum Gasteiger partial charge on any atom is -0.439 e. The van der Waals surface area contributed by atoms with Crippen LogP contribution in [-0.2, 0) is 29.7 Å². The molecule has 15 heteroatoms. The molecule has 0 unspecified atom stereocenters. The number of carbonyl (C=O) groups is 2. The fraction of sp³-hybridized carbons (Fsp3) is 0.286. The molecular weight excluding hydrogens is 551 g/mol. The number of fused-ring (bicyclic) bond motifs is 1. The Hall–Kier alpha value is -2.72. The van der Waals surface area contributed by atoms with Gasteiger partial charge in [-0.15, -0.1) is 0 Å². The lowest BCUT2D eigenvalue weighted by Gasteiger charge is -2.17. The van der Waals surface area contributed by atoms with Gasteiger partial charge in [0.25, 0.3) is 21.9 Å². The van der Waals surface area contributed by atoms with Crippen molar-refractivity contribution in [1.29, 1.82) is 0 Å². The fourth-order valence-electron chi connectivity index (χ4n) is 3.28. The molecule has 194 valence electrons. The van der Waals surface area contributed by atoms with Crippen LogP contribution in [0.15, 0.2) is 58.9 Å². The Labute approximate surface area is 218 Å². The first-order valence-electron chi connectivity index (χ1n) is 10.4. The number of nitrogens with zero attached hydrogens (tertiary/aromatic N) is 2. The molecule has 1 fully saturated rings. The van der Waals surface area contributed by atoms with Crippen LogP contribution in [0.3, 0.4) is 0 Å². The van der Waals surface area contributed by atoms with E-state index in [-0.39, 0.29) is 35.6 Å². The molecule has 0 atom stereocenters. The van der Waals surface area contributed by atoms with E-state index in [0.717, 1.165) is 18.0 Å². The molecule has 2 aliphatic heterocycles. The van der Waals surface area contributed by atoms with Crippen LogP contribution in [0.5, 0.6) is 5.75 Å². The maximum atomic E-state index is 12.7. The number of para-hydroxylation sites is 2. The van der Waals surface area contributed by atoms with Crippen LogP contribution in [0.4, 0.5) is 5.69 Å². The molecule has 2 N–H and O–H groups in total. The van der Waals surface area contributed by atoms with Gasteiger partial charge in [0, 0.05) is 6.54 Å². The van der Waals surface area contributed by atoms with Gasteiger partial charge in [0.15, 0.2) is 5.75 Å². The molecule has 0 aromatic heterocycles. The van der Waals surface area contributed by atoms with Crippen molar-refractivity contribution < 1.29 is 35.7 Å². The van der Waals surface area contributed by atoms with Crippen LogP contribution in [0.2, 0.25) is 0 Å². The molecule has 0 radical (unpaired) electrons. The summed E-state index contributed by atoms with van der Waals surface area (Å²) in [6.45, 7) is 1.50. The van der Waals surface area contributed by atoms with E-state index in [1.165, 1.54) is 9.80 Å². The topological polar surface area (TPSA) is 150 Å². The van der Waals surface area contributed by atoms with Crippen molar-refractivity contribution in [3.8, 4) is 5.75 Å². The van der Waals surface area contributed by atoms with Crippen LogP contribution < -0.4 is 14.4 Å². The number of ether oxygens (including phenoxy) is 1. The lowest BCUT2D eigenvalue weighted by atomic mass is 10.2. The molecule has 1 aromatic carbocycles. The highest BCUT2D eigenvalue weighted by atomic mass is 32.2. The predicted octanol–water partition coefficient (Wildman–Crippen LogP) is 1.77. The normalized spacial score (nSPS) is 18.7. The molecule has 0 aliphatic carbocycles. The zero-order valence-corrected chi connectivity index (χ0v) is 22.5. The number of anilines is 1. The van der Waals surface area contributed by atoms with Gasteiger partial charge < -0.3 is 4.74 Å². The first-order chi connectivity index (χ1) is 16.7. The van der Waals surface area contributed by atoms with Gasteiger partial charge in [0.2, 0.25) is 15.9 Å². The van der Waals surface area contributed by atoms with Crippen molar-refractivity contribution in [2.45, 2.75) is 13.3 Å². The number of nitrogens with one attached hydrogen (secondary N) is 1. The summed E-state index contributed by atoms with van der Waals surface area (Å²) in [7, 11) is -7.85. The highest BCUT2D eigenvalue weighted by Gasteiger charge is 2.32. The van der Waals surface area contributed by atoms with Crippen LogP contribution in [0, 0.1) is 0 Å². The van der Waals surface area contributed by atoms with Gasteiger partial charge in [0.05, 0.1) is 22.6 Å². The Bertz CT molecular complexity index is 1400. The van der Waals surface area contributed by atoms with Gasteiger partial charge in [-0.3, -0.25) is 28.7 Å². The van der Waals surface area contributed by atoms with E-state index in [1.807, 2.05) is 4.72 Å². The maximum Gasteiger partial charge on any atom is 0.266 e. The van der Waals surface area contributed by atoms with Crippen LogP contribution in [0.25, 0.3) is 0 Å². The summed E-state index contributed by atoms with van der Waals surface area (Å²) in [6, 6.07) is 6.96. The summed E-state index contributed by atoms with van der Waals surface area (Å²) in [5.41, 5.74) is 1.24. The molecule has 0 saturated carbocycles. The Morgan fingerprint density at radius 2 is 1.92 bits per heavy atom. The zero-order chi connectivity index (χ0) is 26.7. The van der Waals surface area contributed by atoms with E-state index in [9.17, 15) is 26.4 Å². The highest BCUT2D eigenvalue weighted by Crippen LogP contribution is 2.38. The van der Waals surface area contributed by atoms with E-state index in [0.29, 0.717) is 21.9 Å². The Balaban J connectivity index is 1.76. The lowest BCUT2D eigenvalue weighted by molar-refractivity contribution is -0.122. The number of amides is 2. The van der Waals surface area contributed by atoms with E-state index >= 15 is 0 Å². The standard InChI is InChI=1S/C21H23N3O8S4/c1-14(12-17-20(26)23(21(33)34-17)10-5-11-36(29,30)31)8-9-19-24(13-18(25)22-35(2,27)28)15-6-3-4-7-16(15)32-19/h3-4,6-9,12H,5,10-11,13H2,1-2H3,(H,22,25)(H,29,30,31). The number of thioether (sulfide) groups is 1. The third-order valence-corrected chi connectivity index (χ3v) is 7.52. The summed E-state index contributed by atoms with van der Waals surface area (Å²) in [5.74, 6) is -0.805. The molecule has 11 nitrogen and oxygen atoms in total. The molecule has 2 aliphatic rings. The Kier molecular flexibility index (Phi) is 8.61. The molecule has 2 heterocycles. The third kappa shape index (κ3) is 7.64. The number of rotatable bonds is 9. The quantitative estimate of drug-likeness (QED) is 0.253. The lowest BCUT2D eigenvalue weighted by Crippen LogP contribution is -2.38. The Morgan fingerprint density at radius 1 is 1.22 bits per heavy atom. The van der Waals surface area contributed by atoms with E-state index < -0.39 is 31.8 Å². The predicted molar refractivity (Wildman–Crippen MR) is 140 cm³/mol. The fourth-order valence-corrected chi connectivity index (χ4v) is 5.61. The SMILES string of the molecule is CC(=CC=C1Oc2ccccc2N1CC(=O)NS(C)(=O)=O)C=C1SC(=S)N(CCCS(=O)(=O)O)C1=O. The second-order valence-corrected chi connectivity index (χ2v) is 12.8. The highest BCUT2D eigenvalue weighted by molar-refractivity contribution is 8.26.